The van der Waals surface area contributed by atoms with E-state index in [4.69, 9.17) is 4.74 Å². The Morgan fingerprint density at radius 1 is 1.15 bits per heavy atom. The van der Waals surface area contributed by atoms with Gasteiger partial charge in [0.05, 0.1) is 12.7 Å². The van der Waals surface area contributed by atoms with E-state index in [1.54, 1.807) is 24.3 Å². The first-order valence-electron chi connectivity index (χ1n) is 15.8. The summed E-state index contributed by atoms with van der Waals surface area (Å²) < 4.78 is 5.61. The SMILES string of the molecule is C=CC(C)(C)c1[nH]c2ccccc2c1/C=C1\NC(=O)[C@@]2(C[C@@H](C)C=C[C@H]2/C=C/c2c(O)cc(CC=C(C)C)c(OC)c2C=O)NC1=O. The third-order valence-corrected chi connectivity index (χ3v) is 9.22. The first-order valence-corrected chi connectivity index (χ1v) is 15.8. The molecule has 1 aliphatic carbocycles. The fourth-order valence-electron chi connectivity index (χ4n) is 6.52. The summed E-state index contributed by atoms with van der Waals surface area (Å²) >= 11 is 0. The summed E-state index contributed by atoms with van der Waals surface area (Å²) in [5.41, 5.74) is 3.30. The van der Waals surface area contributed by atoms with Gasteiger partial charge in [0.2, 0.25) is 0 Å². The maximum absolute atomic E-state index is 14.1. The van der Waals surface area contributed by atoms with Gasteiger partial charge >= 0.3 is 0 Å². The normalized spacial score (nSPS) is 22.0. The molecule has 1 saturated heterocycles. The molecule has 0 bridgehead atoms. The minimum Gasteiger partial charge on any atom is -0.507 e. The number of piperazine rings is 1. The molecule has 1 aromatic heterocycles. The molecule has 0 unspecified atom stereocenters. The van der Waals surface area contributed by atoms with Gasteiger partial charge in [-0.25, -0.2) is 0 Å². The highest BCUT2D eigenvalue weighted by Gasteiger charge is 2.50. The summed E-state index contributed by atoms with van der Waals surface area (Å²) in [6, 6.07) is 9.42. The number of aromatic hydroxyl groups is 1. The number of aldehydes is 1. The van der Waals surface area contributed by atoms with Gasteiger partial charge in [-0.3, -0.25) is 14.4 Å². The van der Waals surface area contributed by atoms with Crippen LogP contribution in [-0.2, 0) is 21.4 Å². The van der Waals surface area contributed by atoms with E-state index in [-0.39, 0.29) is 34.4 Å². The molecule has 0 radical (unpaired) electrons. The number of methoxy groups -OCH3 is 1. The van der Waals surface area contributed by atoms with Crippen LogP contribution in [-0.4, -0.2) is 40.8 Å². The van der Waals surface area contributed by atoms with Gasteiger partial charge in [-0.05, 0) is 50.8 Å². The lowest BCUT2D eigenvalue weighted by molar-refractivity contribution is -0.138. The fraction of sp³-hybridized carbons (Fsp3) is 0.308. The van der Waals surface area contributed by atoms with E-state index in [0.717, 1.165) is 27.7 Å². The number of nitrogens with one attached hydrogen (secondary N) is 3. The minimum absolute atomic E-state index is 0.0123. The zero-order chi connectivity index (χ0) is 34.1. The molecule has 244 valence electrons. The van der Waals surface area contributed by atoms with Crippen molar-refractivity contribution < 1.29 is 24.2 Å². The molecule has 8 heteroatoms. The topological polar surface area (TPSA) is 121 Å². The van der Waals surface area contributed by atoms with Crippen molar-refractivity contribution in [1.29, 1.82) is 0 Å². The van der Waals surface area contributed by atoms with Crippen LogP contribution in [0.4, 0.5) is 0 Å². The molecule has 1 aliphatic heterocycles. The van der Waals surface area contributed by atoms with Crippen LogP contribution in [0.3, 0.4) is 0 Å². The summed E-state index contributed by atoms with van der Waals surface area (Å²) in [4.78, 5) is 43.7. The molecule has 2 amide bonds. The van der Waals surface area contributed by atoms with E-state index in [1.165, 1.54) is 7.11 Å². The Morgan fingerprint density at radius 3 is 2.57 bits per heavy atom. The Kier molecular flexibility index (Phi) is 9.16. The number of rotatable bonds is 9. The minimum atomic E-state index is -1.28. The Labute approximate surface area is 276 Å². The average Bonchev–Trinajstić information content (AvgIpc) is 3.41. The Bertz CT molecular complexity index is 1890. The van der Waals surface area contributed by atoms with Crippen LogP contribution in [0.5, 0.6) is 11.5 Å². The number of aromatic nitrogens is 1. The summed E-state index contributed by atoms with van der Waals surface area (Å²) in [6.45, 7) is 14.0. The van der Waals surface area contributed by atoms with Crippen LogP contribution in [0.1, 0.15) is 73.8 Å². The summed E-state index contributed by atoms with van der Waals surface area (Å²) in [5.74, 6) is -0.996. The molecule has 3 aromatic rings. The largest absolute Gasteiger partial charge is 0.507 e. The average molecular weight is 634 g/mol. The zero-order valence-electron chi connectivity index (χ0n) is 27.9. The number of amides is 2. The Balaban J connectivity index is 1.53. The molecule has 2 aromatic carbocycles. The van der Waals surface area contributed by atoms with E-state index >= 15 is 0 Å². The van der Waals surface area contributed by atoms with Gasteiger partial charge in [0.25, 0.3) is 11.8 Å². The van der Waals surface area contributed by atoms with Gasteiger partial charge in [-0.2, -0.15) is 0 Å². The summed E-state index contributed by atoms with van der Waals surface area (Å²) in [6.07, 6.45) is 14.4. The van der Waals surface area contributed by atoms with Gasteiger partial charge in [0.15, 0.2) is 6.29 Å². The van der Waals surface area contributed by atoms with Crippen molar-refractivity contribution in [2.75, 3.05) is 7.11 Å². The van der Waals surface area contributed by atoms with Crippen molar-refractivity contribution in [2.45, 2.75) is 58.4 Å². The highest BCUT2D eigenvalue weighted by atomic mass is 16.5. The number of H-pyrrole nitrogens is 1. The smallest absolute Gasteiger partial charge is 0.268 e. The number of aromatic amines is 1. The van der Waals surface area contributed by atoms with E-state index in [9.17, 15) is 19.5 Å². The number of benzene rings is 2. The maximum Gasteiger partial charge on any atom is 0.268 e. The highest BCUT2D eigenvalue weighted by molar-refractivity contribution is 6.10. The fourth-order valence-corrected chi connectivity index (χ4v) is 6.52. The number of hydrogen-bond donors (Lipinski definition) is 4. The lowest BCUT2D eigenvalue weighted by atomic mass is 9.71. The Morgan fingerprint density at radius 2 is 1.89 bits per heavy atom. The van der Waals surface area contributed by atoms with Gasteiger partial charge < -0.3 is 25.5 Å². The van der Waals surface area contributed by atoms with Crippen LogP contribution >= 0.6 is 0 Å². The quantitative estimate of drug-likeness (QED) is 0.116. The van der Waals surface area contributed by atoms with Gasteiger partial charge in [0.1, 0.15) is 22.7 Å². The van der Waals surface area contributed by atoms with Crippen LogP contribution < -0.4 is 15.4 Å². The predicted molar refractivity (Wildman–Crippen MR) is 187 cm³/mol. The van der Waals surface area contributed by atoms with Crippen molar-refractivity contribution in [1.82, 2.24) is 15.6 Å². The molecule has 8 nitrogen and oxygen atoms in total. The third-order valence-electron chi connectivity index (χ3n) is 9.22. The van der Waals surface area contributed by atoms with Gasteiger partial charge in [-0.15, -0.1) is 6.58 Å². The lowest BCUT2D eigenvalue weighted by Crippen LogP contribution is -2.68. The lowest BCUT2D eigenvalue weighted by Gasteiger charge is -2.44. The summed E-state index contributed by atoms with van der Waals surface area (Å²) in [5, 5.41) is 17.9. The molecule has 2 heterocycles. The second kappa shape index (κ2) is 12.9. The monoisotopic (exact) mass is 633 g/mol. The molecule has 1 spiro atoms. The zero-order valence-corrected chi connectivity index (χ0v) is 27.9. The Hall–Kier alpha value is -5.11. The number of ether oxygens (including phenoxy) is 1. The molecule has 5 rings (SSSR count). The van der Waals surface area contributed by atoms with Crippen molar-refractivity contribution in [3.05, 3.63) is 107 Å². The first-order chi connectivity index (χ1) is 22.3. The van der Waals surface area contributed by atoms with Crippen LogP contribution in [0, 0.1) is 11.8 Å². The van der Waals surface area contributed by atoms with E-state index in [1.807, 2.05) is 83.2 Å². The third kappa shape index (κ3) is 6.20. The second-order valence-electron chi connectivity index (χ2n) is 13.3. The number of allylic oxidation sites excluding steroid dienone is 4. The predicted octanol–water partition coefficient (Wildman–Crippen LogP) is 6.92. The van der Waals surface area contributed by atoms with Crippen molar-refractivity contribution in [3.8, 4) is 11.5 Å². The number of carbonyl (C=O) groups is 3. The van der Waals surface area contributed by atoms with Crippen molar-refractivity contribution in [3.63, 3.8) is 0 Å². The van der Waals surface area contributed by atoms with Crippen molar-refractivity contribution in [2.24, 2.45) is 11.8 Å². The van der Waals surface area contributed by atoms with Gasteiger partial charge in [0, 0.05) is 44.6 Å². The molecule has 2 aliphatic rings. The maximum atomic E-state index is 14.1. The molecule has 47 heavy (non-hydrogen) atoms. The van der Waals surface area contributed by atoms with Gasteiger partial charge in [-0.1, -0.05) is 81.0 Å². The molecule has 4 N–H and O–H groups in total. The number of phenolic OH excluding ortho intramolecular Hbond substituents is 1. The number of para-hydroxylation sites is 1. The number of hydrogen-bond acceptors (Lipinski definition) is 5. The molecule has 0 saturated carbocycles. The van der Waals surface area contributed by atoms with Crippen LogP contribution in [0.25, 0.3) is 23.1 Å². The highest BCUT2D eigenvalue weighted by Crippen LogP contribution is 2.40. The van der Waals surface area contributed by atoms with Crippen molar-refractivity contribution >= 4 is 41.2 Å². The van der Waals surface area contributed by atoms with E-state index in [0.29, 0.717) is 30.4 Å². The second-order valence-corrected chi connectivity index (χ2v) is 13.3. The standard InChI is InChI=1S/C39H43N3O5/c1-8-38(5,6)35-29(27-11-9-10-12-31(27)40-35)20-32-36(45)42-39(37(46)41-32)21-24(4)14-16-26(39)17-18-28-30(22-43)34(47-7)25(19-33(28)44)15-13-23(2)3/h8-14,16-20,22,24,26,40,44H,1,15,21H2,2-7H3,(H,41,46)(H,42,45)/b18-17+,32-20-/t24-,26-,39-/m0/s1. The number of carbonyl (C=O) groups excluding carboxylic acids is 3. The molecular formula is C39H43N3O5. The first kappa shape index (κ1) is 33.3. The summed E-state index contributed by atoms with van der Waals surface area (Å²) in [7, 11) is 1.49. The molecule has 1 fully saturated rings. The molecule has 3 atom stereocenters. The number of fused-ring (bicyclic) bond motifs is 1. The molecular weight excluding hydrogens is 590 g/mol. The number of phenols is 1. The van der Waals surface area contributed by atoms with Crippen LogP contribution in [0.15, 0.2) is 78.6 Å². The van der Waals surface area contributed by atoms with E-state index in [2.05, 4.69) is 22.2 Å². The van der Waals surface area contributed by atoms with Crippen LogP contribution in [0.2, 0.25) is 0 Å². The van der Waals surface area contributed by atoms with E-state index < -0.39 is 22.8 Å².